The molecule has 2 atom stereocenters. The van der Waals surface area contributed by atoms with E-state index in [-0.39, 0.29) is 17.6 Å². The first-order valence-corrected chi connectivity index (χ1v) is 9.85. The zero-order valence-electron chi connectivity index (χ0n) is 17.1. The molecule has 5 rings (SSSR count). The molecule has 1 saturated heterocycles. The van der Waals surface area contributed by atoms with E-state index in [1.807, 2.05) is 31.3 Å². The number of nitrogens with zero attached hydrogens (tertiary/aromatic N) is 6. The van der Waals surface area contributed by atoms with E-state index in [1.54, 1.807) is 24.1 Å². The van der Waals surface area contributed by atoms with Crippen molar-refractivity contribution in [3.8, 4) is 17.0 Å². The number of methoxy groups -OCH3 is 1. The monoisotopic (exact) mass is 419 g/mol. The predicted molar refractivity (Wildman–Crippen MR) is 114 cm³/mol. The third-order valence-electron chi connectivity index (χ3n) is 5.41. The molecule has 1 aromatic carbocycles. The molecule has 31 heavy (non-hydrogen) atoms. The van der Waals surface area contributed by atoms with Crippen LogP contribution in [0.1, 0.15) is 6.04 Å². The van der Waals surface area contributed by atoms with Gasteiger partial charge in [-0.25, -0.2) is 14.6 Å². The summed E-state index contributed by atoms with van der Waals surface area (Å²) in [5.74, 6) is 1.38. The lowest BCUT2D eigenvalue weighted by molar-refractivity contribution is 0.183. The highest BCUT2D eigenvalue weighted by atomic mass is 16.5. The van der Waals surface area contributed by atoms with Crippen LogP contribution in [0.3, 0.4) is 0 Å². The molecule has 1 aliphatic heterocycles. The van der Waals surface area contributed by atoms with Crippen LogP contribution in [0.5, 0.6) is 5.75 Å². The number of hydrogen-bond donors (Lipinski definition) is 1. The molecule has 3 aromatic heterocycles. The fourth-order valence-electron chi connectivity index (χ4n) is 3.77. The standard InChI is InChI=1S/C21H21N7O3/c1-27-21-15(9-24-27)20(22-12-23-21)25-17-10-31-11-18(17)28-19(29)7-6-16(26-28)13-4-3-5-14(8-13)30-2/h3-9,12,17-18H,10-11H2,1-2H3,(H,22,23,25). The Morgan fingerprint density at radius 2 is 2.10 bits per heavy atom. The van der Waals surface area contributed by atoms with Gasteiger partial charge in [0.05, 0.1) is 43.6 Å². The van der Waals surface area contributed by atoms with E-state index in [9.17, 15) is 4.79 Å². The summed E-state index contributed by atoms with van der Waals surface area (Å²) in [6, 6.07) is 10.3. The van der Waals surface area contributed by atoms with Crippen molar-refractivity contribution in [2.45, 2.75) is 12.1 Å². The van der Waals surface area contributed by atoms with E-state index in [2.05, 4.69) is 25.5 Å². The number of fused-ring (bicyclic) bond motifs is 1. The van der Waals surface area contributed by atoms with Crippen LogP contribution in [0.2, 0.25) is 0 Å². The highest BCUT2D eigenvalue weighted by molar-refractivity contribution is 5.86. The molecular weight excluding hydrogens is 398 g/mol. The zero-order chi connectivity index (χ0) is 21.4. The van der Waals surface area contributed by atoms with Crippen LogP contribution < -0.4 is 15.6 Å². The van der Waals surface area contributed by atoms with Crippen molar-refractivity contribution < 1.29 is 9.47 Å². The van der Waals surface area contributed by atoms with Crippen molar-refractivity contribution in [2.75, 3.05) is 25.6 Å². The highest BCUT2D eigenvalue weighted by Crippen LogP contribution is 2.26. The van der Waals surface area contributed by atoms with Gasteiger partial charge in [-0.3, -0.25) is 9.48 Å². The Hall–Kier alpha value is -3.79. The Morgan fingerprint density at radius 1 is 1.19 bits per heavy atom. The number of aryl methyl sites for hydroxylation is 1. The first-order chi connectivity index (χ1) is 15.1. The van der Waals surface area contributed by atoms with E-state index in [0.717, 1.165) is 22.3 Å². The van der Waals surface area contributed by atoms with Gasteiger partial charge in [0.15, 0.2) is 5.65 Å². The summed E-state index contributed by atoms with van der Waals surface area (Å²) in [5, 5.41) is 13.1. The molecule has 0 saturated carbocycles. The summed E-state index contributed by atoms with van der Waals surface area (Å²) >= 11 is 0. The van der Waals surface area contributed by atoms with Crippen LogP contribution in [0.15, 0.2) is 53.7 Å². The smallest absolute Gasteiger partial charge is 0.267 e. The normalized spacial score (nSPS) is 18.4. The van der Waals surface area contributed by atoms with Crippen LogP contribution >= 0.6 is 0 Å². The van der Waals surface area contributed by atoms with Gasteiger partial charge in [0.1, 0.15) is 23.9 Å². The SMILES string of the molecule is COc1cccc(-c2ccc(=O)n(C3COCC3Nc3ncnc4c3cnn4C)n2)c1. The van der Waals surface area contributed by atoms with Crippen LogP contribution in [0.4, 0.5) is 5.82 Å². The number of anilines is 1. The van der Waals surface area contributed by atoms with Crippen LogP contribution in [-0.4, -0.2) is 55.9 Å². The molecule has 2 unspecified atom stereocenters. The Kier molecular flexibility index (Phi) is 4.83. The molecule has 158 valence electrons. The van der Waals surface area contributed by atoms with Gasteiger partial charge in [-0.1, -0.05) is 12.1 Å². The first kappa shape index (κ1) is 19.2. The van der Waals surface area contributed by atoms with Crippen molar-refractivity contribution in [1.29, 1.82) is 0 Å². The van der Waals surface area contributed by atoms with Gasteiger partial charge >= 0.3 is 0 Å². The average molecular weight is 419 g/mol. The fourth-order valence-corrected chi connectivity index (χ4v) is 3.77. The second-order valence-electron chi connectivity index (χ2n) is 7.32. The molecule has 0 amide bonds. The van der Waals surface area contributed by atoms with Crippen molar-refractivity contribution in [3.63, 3.8) is 0 Å². The number of aromatic nitrogens is 6. The fraction of sp³-hybridized carbons (Fsp3) is 0.286. The number of rotatable bonds is 5. The van der Waals surface area contributed by atoms with Crippen LogP contribution in [0.25, 0.3) is 22.3 Å². The van der Waals surface area contributed by atoms with Gasteiger partial charge in [0.25, 0.3) is 5.56 Å². The zero-order valence-corrected chi connectivity index (χ0v) is 17.1. The second-order valence-corrected chi connectivity index (χ2v) is 7.32. The Morgan fingerprint density at radius 3 is 2.97 bits per heavy atom. The second kappa shape index (κ2) is 7.80. The molecule has 0 spiro atoms. The largest absolute Gasteiger partial charge is 0.497 e. The maximum Gasteiger partial charge on any atom is 0.267 e. The molecule has 1 N–H and O–H groups in total. The molecule has 0 bridgehead atoms. The minimum Gasteiger partial charge on any atom is -0.497 e. The summed E-state index contributed by atoms with van der Waals surface area (Å²) in [7, 11) is 3.44. The van der Waals surface area contributed by atoms with Crippen molar-refractivity contribution in [1.82, 2.24) is 29.5 Å². The third kappa shape index (κ3) is 3.50. The third-order valence-corrected chi connectivity index (χ3v) is 5.41. The molecule has 0 radical (unpaired) electrons. The quantitative estimate of drug-likeness (QED) is 0.520. The van der Waals surface area contributed by atoms with Gasteiger partial charge in [-0.2, -0.15) is 10.2 Å². The topological polar surface area (TPSA) is 109 Å². The average Bonchev–Trinajstić information content (AvgIpc) is 3.41. The van der Waals surface area contributed by atoms with Gasteiger partial charge in [-0.05, 0) is 18.2 Å². The molecule has 4 aromatic rings. The van der Waals surface area contributed by atoms with Gasteiger partial charge in [-0.15, -0.1) is 0 Å². The lowest BCUT2D eigenvalue weighted by Gasteiger charge is -2.21. The van der Waals surface area contributed by atoms with E-state index in [4.69, 9.17) is 9.47 Å². The molecule has 10 nitrogen and oxygen atoms in total. The number of ether oxygens (including phenoxy) is 2. The summed E-state index contributed by atoms with van der Waals surface area (Å²) in [5.41, 5.74) is 2.08. The number of nitrogens with one attached hydrogen (secondary N) is 1. The van der Waals surface area contributed by atoms with Crippen LogP contribution in [-0.2, 0) is 11.8 Å². The number of benzene rings is 1. The number of hydrogen-bond acceptors (Lipinski definition) is 8. The minimum atomic E-state index is -0.292. The maximum atomic E-state index is 12.7. The first-order valence-electron chi connectivity index (χ1n) is 9.85. The summed E-state index contributed by atoms with van der Waals surface area (Å²) in [6.45, 7) is 0.793. The van der Waals surface area contributed by atoms with E-state index < -0.39 is 0 Å². The Bertz CT molecular complexity index is 1300. The summed E-state index contributed by atoms with van der Waals surface area (Å²) < 4.78 is 14.2. The summed E-state index contributed by atoms with van der Waals surface area (Å²) in [6.07, 6.45) is 3.21. The summed E-state index contributed by atoms with van der Waals surface area (Å²) in [4.78, 5) is 21.3. The lowest BCUT2D eigenvalue weighted by Crippen LogP contribution is -2.37. The Balaban J connectivity index is 1.48. The molecule has 1 aliphatic rings. The minimum absolute atomic E-state index is 0.191. The lowest BCUT2D eigenvalue weighted by atomic mass is 10.1. The van der Waals surface area contributed by atoms with Crippen molar-refractivity contribution in [2.24, 2.45) is 7.05 Å². The molecule has 4 heterocycles. The molecule has 0 aliphatic carbocycles. The predicted octanol–water partition coefficient (Wildman–Crippen LogP) is 1.65. The molecular formula is C21H21N7O3. The van der Waals surface area contributed by atoms with E-state index >= 15 is 0 Å². The van der Waals surface area contributed by atoms with Gasteiger partial charge < -0.3 is 14.8 Å². The van der Waals surface area contributed by atoms with Crippen molar-refractivity contribution in [3.05, 3.63) is 59.3 Å². The maximum absolute atomic E-state index is 12.7. The van der Waals surface area contributed by atoms with Gasteiger partial charge in [0.2, 0.25) is 0 Å². The molecule has 10 heteroatoms. The molecule has 1 fully saturated rings. The van der Waals surface area contributed by atoms with Crippen molar-refractivity contribution >= 4 is 16.9 Å². The van der Waals surface area contributed by atoms with E-state index in [0.29, 0.717) is 24.7 Å². The van der Waals surface area contributed by atoms with E-state index in [1.165, 1.54) is 17.1 Å². The van der Waals surface area contributed by atoms with Crippen LogP contribution in [0, 0.1) is 0 Å². The highest BCUT2D eigenvalue weighted by Gasteiger charge is 2.32. The Labute approximate surface area is 177 Å². The van der Waals surface area contributed by atoms with Gasteiger partial charge in [0, 0.05) is 18.7 Å².